The number of nitriles is 1. The number of thiophene rings is 1. The molecule has 10 nitrogen and oxygen atoms in total. The number of nitrogens with zero attached hydrogens (tertiary/aromatic N) is 6. The Hall–Kier alpha value is -3.74. The highest BCUT2D eigenvalue weighted by atomic mass is 32.1. The summed E-state index contributed by atoms with van der Waals surface area (Å²) >= 11 is 1.15. The molecule has 5 atom stereocenters. The number of anilines is 2. The van der Waals surface area contributed by atoms with E-state index in [9.17, 15) is 14.8 Å². The number of likely N-dealkylation sites (N-methyl/N-ethyl adjacent to an activating group) is 1. The standard InChI is InChI=1S/C34H36F3N7O3S/c1-16(45)9-43-11-18-3-4-19(12-43)44(18)33-28-23-15-46-14-22(23)27(29-24(36)5-6-25-26(29)21(8-38)32(39)48-25)30(37)31(28)40-34(41-33)47-13-20-7-17(35)10-42(20)2/h5-6,16-20,45H,3-4,7,9-15,39H2,1-2H3/t16-,17-,18?,19?,20+/m1/s1. The molecule has 3 fully saturated rings. The summed E-state index contributed by atoms with van der Waals surface area (Å²) < 4.78 is 60.1. The molecular formula is C34H36F3N7O3S. The zero-order chi connectivity index (χ0) is 33.4. The summed E-state index contributed by atoms with van der Waals surface area (Å²) in [5.74, 6) is -0.914. The lowest BCUT2D eigenvalue weighted by Crippen LogP contribution is -2.55. The highest BCUT2D eigenvalue weighted by Gasteiger charge is 2.43. The highest BCUT2D eigenvalue weighted by molar-refractivity contribution is 7.23. The van der Waals surface area contributed by atoms with Crippen molar-refractivity contribution in [1.29, 1.82) is 5.26 Å². The Labute approximate surface area is 279 Å². The molecule has 0 spiro atoms. The Morgan fingerprint density at radius 3 is 2.56 bits per heavy atom. The quantitative estimate of drug-likeness (QED) is 0.284. The second-order valence-electron chi connectivity index (χ2n) is 13.5. The van der Waals surface area contributed by atoms with Gasteiger partial charge in [0.15, 0.2) is 5.82 Å². The normalized spacial score (nSPS) is 24.9. The van der Waals surface area contributed by atoms with Crippen molar-refractivity contribution < 1.29 is 27.8 Å². The molecule has 14 heteroatoms. The molecule has 4 aliphatic rings. The van der Waals surface area contributed by atoms with Gasteiger partial charge < -0.3 is 25.2 Å². The van der Waals surface area contributed by atoms with Gasteiger partial charge in [-0.15, -0.1) is 11.3 Å². The number of likely N-dealkylation sites (tertiary alicyclic amines) is 2. The maximum Gasteiger partial charge on any atom is 0.319 e. The van der Waals surface area contributed by atoms with Gasteiger partial charge in [0.25, 0.3) is 0 Å². The molecule has 4 aliphatic heterocycles. The zero-order valence-electron chi connectivity index (χ0n) is 26.7. The van der Waals surface area contributed by atoms with Crippen LogP contribution in [0.1, 0.15) is 42.9 Å². The van der Waals surface area contributed by atoms with Gasteiger partial charge in [-0.25, -0.2) is 13.2 Å². The third kappa shape index (κ3) is 5.06. The third-order valence-corrected chi connectivity index (χ3v) is 11.3. The number of aliphatic hydroxyl groups excluding tert-OH is 1. The number of piperazine rings is 1. The van der Waals surface area contributed by atoms with Crippen molar-refractivity contribution in [3.63, 3.8) is 0 Å². The molecule has 6 heterocycles. The molecule has 0 saturated carbocycles. The summed E-state index contributed by atoms with van der Waals surface area (Å²) in [5.41, 5.74) is 7.34. The van der Waals surface area contributed by atoms with E-state index in [0.29, 0.717) is 59.6 Å². The maximum atomic E-state index is 17.4. The molecule has 3 saturated heterocycles. The van der Waals surface area contributed by atoms with E-state index in [4.69, 9.17) is 20.2 Å². The molecule has 2 bridgehead atoms. The van der Waals surface area contributed by atoms with Crippen LogP contribution in [-0.4, -0.2) is 95.1 Å². The van der Waals surface area contributed by atoms with Gasteiger partial charge in [-0.1, -0.05) is 0 Å². The van der Waals surface area contributed by atoms with Crippen LogP contribution in [0.3, 0.4) is 0 Å². The second kappa shape index (κ2) is 12.0. The van der Waals surface area contributed by atoms with Gasteiger partial charge in [0.05, 0.1) is 30.3 Å². The van der Waals surface area contributed by atoms with E-state index >= 15 is 8.78 Å². The number of benzene rings is 2. The highest BCUT2D eigenvalue weighted by Crippen LogP contribution is 2.49. The lowest BCUT2D eigenvalue weighted by atomic mass is 9.90. The first kappa shape index (κ1) is 31.5. The minimum absolute atomic E-state index is 0.0106. The van der Waals surface area contributed by atoms with Gasteiger partial charge in [-0.3, -0.25) is 9.80 Å². The van der Waals surface area contributed by atoms with Crippen molar-refractivity contribution in [2.75, 3.05) is 50.5 Å². The molecule has 2 aromatic heterocycles. The SMILES string of the molecule is C[C@@H](O)CN1CC2CCC(C1)N2c1nc(OC[C@@H]2C[C@@H](F)CN2C)nc2c(F)c(-c3c(F)ccc4sc(N)c(C#N)c34)c3c(c12)COC3. The van der Waals surface area contributed by atoms with Crippen LogP contribution < -0.4 is 15.4 Å². The Morgan fingerprint density at radius 1 is 1.12 bits per heavy atom. The summed E-state index contributed by atoms with van der Waals surface area (Å²) in [6.07, 6.45) is 0.679. The number of β-amino-alcohol motifs (C(OH)–C–C–N with tert-alkyl or cyclic N) is 1. The Balaban J connectivity index is 1.34. The van der Waals surface area contributed by atoms with Crippen LogP contribution in [0.25, 0.3) is 32.1 Å². The van der Waals surface area contributed by atoms with Gasteiger partial charge in [0.2, 0.25) is 0 Å². The third-order valence-electron chi connectivity index (χ3n) is 10.3. The Kier molecular flexibility index (Phi) is 7.88. The van der Waals surface area contributed by atoms with E-state index in [1.807, 2.05) is 11.9 Å². The molecule has 3 N–H and O–H groups in total. The molecule has 48 heavy (non-hydrogen) atoms. The fraction of sp³-hybridized carbons (Fsp3) is 0.500. The van der Waals surface area contributed by atoms with Crippen molar-refractivity contribution in [3.8, 4) is 23.2 Å². The van der Waals surface area contributed by atoms with Gasteiger partial charge in [-0.2, -0.15) is 15.2 Å². The van der Waals surface area contributed by atoms with E-state index in [2.05, 4.69) is 20.9 Å². The average molecular weight is 680 g/mol. The molecule has 0 aliphatic carbocycles. The lowest BCUT2D eigenvalue weighted by molar-refractivity contribution is 0.111. The number of alkyl halides is 1. The molecule has 2 aromatic carbocycles. The van der Waals surface area contributed by atoms with E-state index in [-0.39, 0.29) is 76.6 Å². The van der Waals surface area contributed by atoms with Crippen LogP contribution in [0.2, 0.25) is 0 Å². The molecular weight excluding hydrogens is 643 g/mol. The number of halogens is 3. The number of aromatic nitrogens is 2. The van der Waals surface area contributed by atoms with Gasteiger partial charge >= 0.3 is 6.01 Å². The monoisotopic (exact) mass is 679 g/mol. The first-order chi connectivity index (χ1) is 23.1. The van der Waals surface area contributed by atoms with Crippen molar-refractivity contribution >= 4 is 43.1 Å². The molecule has 252 valence electrons. The minimum Gasteiger partial charge on any atom is -0.462 e. The van der Waals surface area contributed by atoms with E-state index in [1.54, 1.807) is 13.0 Å². The predicted molar refractivity (Wildman–Crippen MR) is 177 cm³/mol. The van der Waals surface area contributed by atoms with Crippen LogP contribution in [-0.2, 0) is 18.0 Å². The molecule has 0 radical (unpaired) electrons. The number of ether oxygens (including phenoxy) is 2. The first-order valence-electron chi connectivity index (χ1n) is 16.3. The number of hydrogen-bond acceptors (Lipinski definition) is 11. The van der Waals surface area contributed by atoms with Crippen LogP contribution in [0, 0.1) is 23.0 Å². The van der Waals surface area contributed by atoms with Gasteiger partial charge in [0.1, 0.15) is 41.0 Å². The van der Waals surface area contributed by atoms with Crippen LogP contribution in [0.5, 0.6) is 6.01 Å². The topological polar surface area (TPSA) is 124 Å². The number of hydrogen-bond donors (Lipinski definition) is 2. The Bertz CT molecular complexity index is 1970. The molecule has 4 aromatic rings. The molecule has 0 amide bonds. The lowest BCUT2D eigenvalue weighted by Gasteiger charge is -2.42. The maximum absolute atomic E-state index is 17.4. The summed E-state index contributed by atoms with van der Waals surface area (Å²) in [7, 11) is 1.84. The number of rotatable bonds is 7. The fourth-order valence-electron chi connectivity index (χ4n) is 8.28. The minimum atomic E-state index is -0.963. The van der Waals surface area contributed by atoms with Gasteiger partial charge in [-0.05, 0) is 56.5 Å². The first-order valence-corrected chi connectivity index (χ1v) is 17.1. The predicted octanol–water partition coefficient (Wildman–Crippen LogP) is 4.73. The second-order valence-corrected chi connectivity index (χ2v) is 14.6. The van der Waals surface area contributed by atoms with Crippen LogP contribution >= 0.6 is 11.3 Å². The largest absolute Gasteiger partial charge is 0.462 e. The van der Waals surface area contributed by atoms with Crippen LogP contribution in [0.4, 0.5) is 24.0 Å². The number of fused-ring (bicyclic) bond motifs is 6. The zero-order valence-corrected chi connectivity index (χ0v) is 27.5. The fourth-order valence-corrected chi connectivity index (χ4v) is 9.21. The van der Waals surface area contributed by atoms with Crippen molar-refractivity contribution in [2.45, 2.75) is 69.8 Å². The van der Waals surface area contributed by atoms with Gasteiger partial charge in [0, 0.05) is 65.5 Å². The summed E-state index contributed by atoms with van der Waals surface area (Å²) in [6, 6.07) is 4.77. The number of nitrogen functional groups attached to an aromatic ring is 1. The summed E-state index contributed by atoms with van der Waals surface area (Å²) in [5, 5.41) is 21.1. The summed E-state index contributed by atoms with van der Waals surface area (Å²) in [4.78, 5) is 15.9. The molecule has 2 unspecified atom stereocenters. The van der Waals surface area contributed by atoms with Crippen molar-refractivity contribution in [2.24, 2.45) is 0 Å². The van der Waals surface area contributed by atoms with Crippen molar-refractivity contribution in [3.05, 3.63) is 40.5 Å². The van der Waals surface area contributed by atoms with E-state index < -0.39 is 23.9 Å². The van der Waals surface area contributed by atoms with E-state index in [1.165, 1.54) is 6.07 Å². The van der Waals surface area contributed by atoms with Crippen molar-refractivity contribution in [1.82, 2.24) is 19.8 Å². The van der Waals surface area contributed by atoms with E-state index in [0.717, 1.165) is 24.2 Å². The smallest absolute Gasteiger partial charge is 0.319 e. The number of nitrogens with two attached hydrogens (primary N) is 1. The number of aliphatic hydroxyl groups is 1. The molecule has 8 rings (SSSR count). The average Bonchev–Trinajstić information content (AvgIpc) is 3.79. The van der Waals surface area contributed by atoms with Crippen LogP contribution in [0.15, 0.2) is 12.1 Å². The Morgan fingerprint density at radius 2 is 1.88 bits per heavy atom. The summed E-state index contributed by atoms with van der Waals surface area (Å²) in [6.45, 7) is 4.35.